The summed E-state index contributed by atoms with van der Waals surface area (Å²) < 4.78 is 5.43. The first-order valence-corrected chi connectivity index (χ1v) is 12.4. The minimum Gasteiger partial charge on any atom is -0.229 e. The number of rotatable bonds is 6. The molecule has 1 fully saturated rings. The summed E-state index contributed by atoms with van der Waals surface area (Å²) in [5, 5.41) is 0. The lowest BCUT2D eigenvalue weighted by atomic mass is 9.92. The molecule has 3 rings (SSSR count). The van der Waals surface area contributed by atoms with Crippen molar-refractivity contribution in [3.63, 3.8) is 0 Å². The lowest BCUT2D eigenvalue weighted by molar-refractivity contribution is 0.821. The number of hydrogen-bond acceptors (Lipinski definition) is 2. The molecular formula is C26H40N2P+. The van der Waals surface area contributed by atoms with Crippen LogP contribution in [0.2, 0.25) is 0 Å². The number of benzene rings is 2. The van der Waals surface area contributed by atoms with Gasteiger partial charge in [-0.25, -0.2) is 9.34 Å². The summed E-state index contributed by atoms with van der Waals surface area (Å²) in [6, 6.07) is 13.9. The SMILES string of the molecule is CC(C)c1cccc(C(C)C)c1N1CCN(c2c(C(C)C)cccc2C(C)C)[PH2+]1. The Bertz CT molecular complexity index is 717. The minimum absolute atomic E-state index is 0.0483. The fraction of sp³-hybridized carbons (Fsp3) is 0.538. The van der Waals surface area contributed by atoms with Gasteiger partial charge in [0.2, 0.25) is 0 Å². The van der Waals surface area contributed by atoms with Crippen LogP contribution in [-0.4, -0.2) is 13.1 Å². The Morgan fingerprint density at radius 2 is 0.828 bits per heavy atom. The second kappa shape index (κ2) is 9.09. The van der Waals surface area contributed by atoms with E-state index in [1.165, 1.54) is 33.6 Å². The molecular weight excluding hydrogens is 371 g/mol. The van der Waals surface area contributed by atoms with E-state index in [0.717, 1.165) is 13.1 Å². The van der Waals surface area contributed by atoms with Crippen molar-refractivity contribution in [3.05, 3.63) is 58.7 Å². The molecule has 0 aliphatic carbocycles. The normalized spacial score (nSPS) is 14.9. The number of nitrogens with zero attached hydrogens (tertiary/aromatic N) is 2. The first-order valence-electron chi connectivity index (χ1n) is 11.4. The van der Waals surface area contributed by atoms with Crippen LogP contribution in [-0.2, 0) is 0 Å². The largest absolute Gasteiger partial charge is 0.229 e. The van der Waals surface area contributed by atoms with Gasteiger partial charge in [0.05, 0.1) is 24.5 Å². The predicted octanol–water partition coefficient (Wildman–Crippen LogP) is 7.75. The summed E-state index contributed by atoms with van der Waals surface area (Å²) >= 11 is 0. The molecule has 0 atom stereocenters. The molecule has 0 unspecified atom stereocenters. The molecule has 3 heteroatoms. The van der Waals surface area contributed by atoms with Gasteiger partial charge < -0.3 is 0 Å². The third-order valence-corrected chi connectivity index (χ3v) is 7.71. The van der Waals surface area contributed by atoms with Crippen LogP contribution in [0, 0.1) is 0 Å². The van der Waals surface area contributed by atoms with Crippen LogP contribution >= 0.6 is 8.88 Å². The molecule has 1 aliphatic rings. The summed E-state index contributed by atoms with van der Waals surface area (Å²) in [6.07, 6.45) is 0. The molecule has 2 aromatic rings. The highest BCUT2D eigenvalue weighted by molar-refractivity contribution is 7.42. The van der Waals surface area contributed by atoms with Gasteiger partial charge in [-0.15, -0.1) is 0 Å². The standard InChI is InChI=1S/C26H39N2P/c1-17(2)21-11-9-12-22(18(3)4)25(21)27-15-16-28(29-27)26-23(19(5)6)13-10-14-24(26)20(7)8/h9-14,17-20,29H,15-16H2,1-8H3/p+1. The van der Waals surface area contributed by atoms with E-state index in [1.54, 1.807) is 0 Å². The lowest BCUT2D eigenvalue weighted by Gasteiger charge is -2.26. The quantitative estimate of drug-likeness (QED) is 0.448. The second-order valence-electron chi connectivity index (χ2n) is 9.69. The fourth-order valence-corrected chi connectivity index (χ4v) is 6.15. The molecule has 0 spiro atoms. The summed E-state index contributed by atoms with van der Waals surface area (Å²) in [6.45, 7) is 20.9. The van der Waals surface area contributed by atoms with Gasteiger partial charge in [-0.3, -0.25) is 0 Å². The van der Waals surface area contributed by atoms with Crippen molar-refractivity contribution < 1.29 is 0 Å². The maximum absolute atomic E-state index is 2.71. The van der Waals surface area contributed by atoms with Crippen molar-refractivity contribution in [1.29, 1.82) is 0 Å². The Morgan fingerprint density at radius 3 is 1.07 bits per heavy atom. The Kier molecular flexibility index (Phi) is 6.94. The Balaban J connectivity index is 2.03. The number of hydrogen-bond donors (Lipinski definition) is 0. The van der Waals surface area contributed by atoms with Crippen molar-refractivity contribution >= 4 is 20.3 Å². The molecule has 1 saturated heterocycles. The van der Waals surface area contributed by atoms with Crippen molar-refractivity contribution in [2.75, 3.05) is 22.4 Å². The van der Waals surface area contributed by atoms with E-state index in [-0.39, 0.29) is 8.88 Å². The highest BCUT2D eigenvalue weighted by Crippen LogP contribution is 2.48. The van der Waals surface area contributed by atoms with E-state index in [2.05, 4.69) is 101 Å². The predicted molar refractivity (Wildman–Crippen MR) is 134 cm³/mol. The van der Waals surface area contributed by atoms with Crippen LogP contribution in [0.3, 0.4) is 0 Å². The van der Waals surface area contributed by atoms with E-state index in [1.807, 2.05) is 0 Å². The monoisotopic (exact) mass is 411 g/mol. The summed E-state index contributed by atoms with van der Waals surface area (Å²) in [4.78, 5) is 0. The van der Waals surface area contributed by atoms with Gasteiger partial charge in [0.15, 0.2) is 8.88 Å². The molecule has 158 valence electrons. The molecule has 0 aromatic heterocycles. The Labute approximate surface area is 180 Å². The van der Waals surface area contributed by atoms with Crippen molar-refractivity contribution in [1.82, 2.24) is 0 Å². The van der Waals surface area contributed by atoms with E-state index >= 15 is 0 Å². The fourth-order valence-electron chi connectivity index (χ4n) is 4.53. The zero-order valence-corrected chi connectivity index (χ0v) is 20.8. The first kappa shape index (κ1) is 22.2. The third-order valence-electron chi connectivity index (χ3n) is 6.12. The molecule has 2 nitrogen and oxygen atoms in total. The van der Waals surface area contributed by atoms with Crippen molar-refractivity contribution in [3.8, 4) is 0 Å². The molecule has 0 N–H and O–H groups in total. The Hall–Kier alpha value is -1.53. The highest BCUT2D eigenvalue weighted by Gasteiger charge is 2.34. The van der Waals surface area contributed by atoms with Crippen LogP contribution in [0.25, 0.3) is 0 Å². The maximum atomic E-state index is 2.71. The average Bonchev–Trinajstić information content (AvgIpc) is 3.15. The number of anilines is 2. The number of para-hydroxylation sites is 2. The maximum Gasteiger partial charge on any atom is 0.170 e. The van der Waals surface area contributed by atoms with E-state index in [9.17, 15) is 0 Å². The van der Waals surface area contributed by atoms with E-state index in [4.69, 9.17) is 0 Å². The van der Waals surface area contributed by atoms with Gasteiger partial charge in [-0.1, -0.05) is 91.8 Å². The molecule has 29 heavy (non-hydrogen) atoms. The summed E-state index contributed by atoms with van der Waals surface area (Å²) in [7, 11) is 0.0483. The molecule has 2 aromatic carbocycles. The van der Waals surface area contributed by atoms with Gasteiger partial charge in [0.1, 0.15) is 0 Å². The van der Waals surface area contributed by atoms with Crippen molar-refractivity contribution in [2.24, 2.45) is 0 Å². The molecule has 1 heterocycles. The minimum atomic E-state index is 0.0483. The average molecular weight is 412 g/mol. The molecule has 0 radical (unpaired) electrons. The topological polar surface area (TPSA) is 6.48 Å². The van der Waals surface area contributed by atoms with Crippen LogP contribution < -0.4 is 9.34 Å². The molecule has 0 saturated carbocycles. The zero-order chi connectivity index (χ0) is 21.3. The lowest BCUT2D eigenvalue weighted by Crippen LogP contribution is -2.16. The molecule has 0 amide bonds. The van der Waals surface area contributed by atoms with E-state index in [0.29, 0.717) is 23.7 Å². The smallest absolute Gasteiger partial charge is 0.170 e. The van der Waals surface area contributed by atoms with Crippen LogP contribution in [0.1, 0.15) is 101 Å². The second-order valence-corrected chi connectivity index (χ2v) is 11.2. The van der Waals surface area contributed by atoms with Gasteiger partial charge in [-0.2, -0.15) is 0 Å². The Morgan fingerprint density at radius 1 is 0.552 bits per heavy atom. The van der Waals surface area contributed by atoms with Crippen molar-refractivity contribution in [2.45, 2.75) is 79.1 Å². The van der Waals surface area contributed by atoms with E-state index < -0.39 is 0 Å². The first-order chi connectivity index (χ1) is 13.7. The highest BCUT2D eigenvalue weighted by atomic mass is 31.1. The third kappa shape index (κ3) is 4.48. The van der Waals surface area contributed by atoms with Gasteiger partial charge in [0.25, 0.3) is 0 Å². The molecule has 1 aliphatic heterocycles. The zero-order valence-electron chi connectivity index (χ0n) is 19.7. The van der Waals surface area contributed by atoms with Crippen LogP contribution in [0.5, 0.6) is 0 Å². The van der Waals surface area contributed by atoms with Crippen LogP contribution in [0.15, 0.2) is 36.4 Å². The van der Waals surface area contributed by atoms with Gasteiger partial charge in [-0.05, 0) is 45.9 Å². The molecule has 0 bridgehead atoms. The summed E-state index contributed by atoms with van der Waals surface area (Å²) in [5.41, 5.74) is 9.06. The van der Waals surface area contributed by atoms with Gasteiger partial charge in [0, 0.05) is 0 Å². The summed E-state index contributed by atoms with van der Waals surface area (Å²) in [5.74, 6) is 2.19. The van der Waals surface area contributed by atoms with Crippen LogP contribution in [0.4, 0.5) is 11.4 Å². The van der Waals surface area contributed by atoms with Gasteiger partial charge >= 0.3 is 0 Å².